The first kappa shape index (κ1) is 13.0. The average Bonchev–Trinajstić information content (AvgIpc) is 2.87. The summed E-state index contributed by atoms with van der Waals surface area (Å²) in [7, 11) is 0. The average molecular weight is 250 g/mol. The first-order chi connectivity index (χ1) is 8.74. The molecule has 1 unspecified atom stereocenters. The topological polar surface area (TPSA) is 41.1 Å². The Morgan fingerprint density at radius 2 is 2.39 bits per heavy atom. The summed E-state index contributed by atoms with van der Waals surface area (Å²) in [6, 6.07) is 6.31. The highest BCUT2D eigenvalue weighted by molar-refractivity contribution is 5.75. The largest absolute Gasteiger partial charge is 0.352 e. The summed E-state index contributed by atoms with van der Waals surface area (Å²) in [4.78, 5) is 11.6. The molecule has 0 aromatic heterocycles. The lowest BCUT2D eigenvalue weighted by atomic mass is 10.0. The second kappa shape index (κ2) is 6.50. The van der Waals surface area contributed by atoms with E-state index in [9.17, 15) is 9.18 Å². The minimum atomic E-state index is -0.265. The van der Waals surface area contributed by atoms with E-state index in [-0.39, 0.29) is 11.7 Å². The van der Waals surface area contributed by atoms with Crippen molar-refractivity contribution in [3.63, 3.8) is 0 Å². The second-order valence-corrected chi connectivity index (χ2v) is 4.80. The van der Waals surface area contributed by atoms with Gasteiger partial charge in [0.2, 0.25) is 5.91 Å². The zero-order chi connectivity index (χ0) is 12.8. The summed E-state index contributed by atoms with van der Waals surface area (Å²) in [5.74, 6) is 0.412. The van der Waals surface area contributed by atoms with Crippen molar-refractivity contribution < 1.29 is 9.18 Å². The Morgan fingerprint density at radius 1 is 1.50 bits per heavy atom. The fourth-order valence-corrected chi connectivity index (χ4v) is 2.23. The first-order valence-electron chi connectivity index (χ1n) is 6.46. The van der Waals surface area contributed by atoms with Crippen molar-refractivity contribution in [3.8, 4) is 0 Å². The highest BCUT2D eigenvalue weighted by Gasteiger charge is 2.15. The number of benzene rings is 1. The van der Waals surface area contributed by atoms with E-state index < -0.39 is 0 Å². The Hall–Kier alpha value is -1.42. The summed E-state index contributed by atoms with van der Waals surface area (Å²) in [6.07, 6.45) is 2.65. The van der Waals surface area contributed by atoms with Crippen molar-refractivity contribution in [1.82, 2.24) is 10.6 Å². The van der Waals surface area contributed by atoms with E-state index in [1.54, 1.807) is 6.07 Å². The van der Waals surface area contributed by atoms with Crippen LogP contribution in [0.15, 0.2) is 24.3 Å². The quantitative estimate of drug-likeness (QED) is 0.837. The molecule has 98 valence electrons. The molecule has 1 aliphatic heterocycles. The zero-order valence-corrected chi connectivity index (χ0v) is 10.4. The lowest BCUT2D eigenvalue weighted by Crippen LogP contribution is -2.23. The molecule has 0 aliphatic carbocycles. The number of hydrogen-bond donors (Lipinski definition) is 2. The molecule has 2 N–H and O–H groups in total. The van der Waals surface area contributed by atoms with Crippen molar-refractivity contribution in [2.45, 2.75) is 25.8 Å². The van der Waals surface area contributed by atoms with Crippen molar-refractivity contribution >= 4 is 5.91 Å². The molecular weight excluding hydrogens is 231 g/mol. The molecule has 4 heteroatoms. The summed E-state index contributed by atoms with van der Waals surface area (Å²) >= 11 is 0. The maximum absolute atomic E-state index is 12.9. The van der Waals surface area contributed by atoms with E-state index in [1.807, 2.05) is 6.07 Å². The molecule has 0 spiro atoms. The van der Waals surface area contributed by atoms with Gasteiger partial charge in [-0.15, -0.1) is 0 Å². The number of carbonyl (C=O) groups is 1. The van der Waals surface area contributed by atoms with Crippen LogP contribution in [0, 0.1) is 11.7 Å². The van der Waals surface area contributed by atoms with Crippen molar-refractivity contribution in [2.24, 2.45) is 5.92 Å². The van der Waals surface area contributed by atoms with Crippen LogP contribution in [0.3, 0.4) is 0 Å². The number of halogens is 1. The maximum Gasteiger partial charge on any atom is 0.220 e. The molecular formula is C14H19FN2O. The predicted molar refractivity (Wildman–Crippen MR) is 68.5 cm³/mol. The van der Waals surface area contributed by atoms with Gasteiger partial charge in [0, 0.05) is 13.0 Å². The first-order valence-corrected chi connectivity index (χ1v) is 6.46. The van der Waals surface area contributed by atoms with Gasteiger partial charge in [-0.3, -0.25) is 4.79 Å². The predicted octanol–water partition coefficient (Wildman–Crippen LogP) is 1.83. The van der Waals surface area contributed by atoms with Gasteiger partial charge in [-0.05, 0) is 49.5 Å². The Labute approximate surface area is 107 Å². The molecule has 1 fully saturated rings. The summed E-state index contributed by atoms with van der Waals surface area (Å²) in [5, 5.41) is 6.11. The lowest BCUT2D eigenvalue weighted by Gasteiger charge is -2.08. The van der Waals surface area contributed by atoms with E-state index >= 15 is 0 Å². The molecule has 2 rings (SSSR count). The van der Waals surface area contributed by atoms with E-state index in [2.05, 4.69) is 10.6 Å². The molecule has 18 heavy (non-hydrogen) atoms. The third-order valence-corrected chi connectivity index (χ3v) is 3.32. The number of hydrogen-bond acceptors (Lipinski definition) is 2. The minimum absolute atomic E-state index is 0.0474. The molecule has 3 nitrogen and oxygen atoms in total. The van der Waals surface area contributed by atoms with Gasteiger partial charge in [-0.1, -0.05) is 12.1 Å². The monoisotopic (exact) mass is 250 g/mol. The number of carbonyl (C=O) groups excluding carboxylic acids is 1. The normalized spacial score (nSPS) is 18.8. The molecule has 0 bridgehead atoms. The molecule has 0 saturated carbocycles. The number of nitrogens with one attached hydrogen (secondary N) is 2. The van der Waals surface area contributed by atoms with E-state index in [1.165, 1.54) is 12.1 Å². The van der Waals surface area contributed by atoms with Gasteiger partial charge in [0.25, 0.3) is 0 Å². The van der Waals surface area contributed by atoms with Crippen LogP contribution in [0.2, 0.25) is 0 Å². The van der Waals surface area contributed by atoms with Crippen LogP contribution in [-0.2, 0) is 11.3 Å². The number of rotatable bonds is 5. The van der Waals surface area contributed by atoms with E-state index in [0.29, 0.717) is 18.9 Å². The van der Waals surface area contributed by atoms with Gasteiger partial charge in [-0.25, -0.2) is 4.39 Å². The van der Waals surface area contributed by atoms with E-state index in [0.717, 1.165) is 31.5 Å². The van der Waals surface area contributed by atoms with Gasteiger partial charge in [0.15, 0.2) is 0 Å². The van der Waals surface area contributed by atoms with Crippen molar-refractivity contribution in [2.75, 3.05) is 13.1 Å². The second-order valence-electron chi connectivity index (χ2n) is 4.80. The van der Waals surface area contributed by atoms with Crippen LogP contribution in [-0.4, -0.2) is 19.0 Å². The Bertz CT molecular complexity index is 403. The fraction of sp³-hybridized carbons (Fsp3) is 0.500. The van der Waals surface area contributed by atoms with Crippen molar-refractivity contribution in [1.29, 1.82) is 0 Å². The Balaban J connectivity index is 1.68. The van der Waals surface area contributed by atoms with Crippen LogP contribution < -0.4 is 10.6 Å². The molecule has 1 aromatic rings. The van der Waals surface area contributed by atoms with Crippen LogP contribution >= 0.6 is 0 Å². The van der Waals surface area contributed by atoms with Crippen molar-refractivity contribution in [3.05, 3.63) is 35.6 Å². The molecule has 1 aliphatic rings. The molecule has 1 amide bonds. The summed E-state index contributed by atoms with van der Waals surface area (Å²) in [6.45, 7) is 2.49. The standard InChI is InChI=1S/C14H19FN2O/c15-13-3-1-2-12(8-13)10-17-14(18)5-4-11-6-7-16-9-11/h1-3,8,11,16H,4-7,9-10H2,(H,17,18). The molecule has 1 heterocycles. The Morgan fingerprint density at radius 3 is 3.11 bits per heavy atom. The highest BCUT2D eigenvalue weighted by atomic mass is 19.1. The fourth-order valence-electron chi connectivity index (χ4n) is 2.23. The zero-order valence-electron chi connectivity index (χ0n) is 10.4. The van der Waals surface area contributed by atoms with Gasteiger partial charge in [0.05, 0.1) is 0 Å². The van der Waals surface area contributed by atoms with Crippen LogP contribution in [0.25, 0.3) is 0 Å². The van der Waals surface area contributed by atoms with Gasteiger partial charge >= 0.3 is 0 Å². The van der Waals surface area contributed by atoms with Crippen LogP contribution in [0.1, 0.15) is 24.8 Å². The summed E-state index contributed by atoms with van der Waals surface area (Å²) in [5.41, 5.74) is 0.797. The van der Waals surface area contributed by atoms with Gasteiger partial charge in [0.1, 0.15) is 5.82 Å². The van der Waals surface area contributed by atoms with Gasteiger partial charge in [-0.2, -0.15) is 0 Å². The Kier molecular flexibility index (Phi) is 4.70. The van der Waals surface area contributed by atoms with Gasteiger partial charge < -0.3 is 10.6 Å². The molecule has 0 radical (unpaired) electrons. The number of amides is 1. The molecule has 1 saturated heterocycles. The summed E-state index contributed by atoms with van der Waals surface area (Å²) < 4.78 is 12.9. The molecule has 1 atom stereocenters. The maximum atomic E-state index is 12.9. The lowest BCUT2D eigenvalue weighted by molar-refractivity contribution is -0.121. The third kappa shape index (κ3) is 4.11. The van der Waals surface area contributed by atoms with Crippen LogP contribution in [0.5, 0.6) is 0 Å². The van der Waals surface area contributed by atoms with E-state index in [4.69, 9.17) is 0 Å². The molecule has 1 aromatic carbocycles. The highest BCUT2D eigenvalue weighted by Crippen LogP contribution is 2.14. The minimum Gasteiger partial charge on any atom is -0.352 e. The SMILES string of the molecule is O=C(CCC1CCNC1)NCc1cccc(F)c1. The smallest absolute Gasteiger partial charge is 0.220 e. The third-order valence-electron chi connectivity index (χ3n) is 3.32. The van der Waals surface area contributed by atoms with Crippen LogP contribution in [0.4, 0.5) is 4.39 Å².